The lowest BCUT2D eigenvalue weighted by Crippen LogP contribution is -2.24. The molecule has 17 heavy (non-hydrogen) atoms. The summed E-state index contributed by atoms with van der Waals surface area (Å²) in [4.78, 5) is 0. The minimum atomic E-state index is 0.734. The van der Waals surface area contributed by atoms with Crippen LogP contribution in [0.4, 0.5) is 0 Å². The number of rotatable bonds is 9. The van der Waals surface area contributed by atoms with Crippen LogP contribution in [-0.4, -0.2) is 29.7 Å². The zero-order valence-electron chi connectivity index (χ0n) is 11.8. The van der Waals surface area contributed by atoms with Crippen molar-refractivity contribution in [1.82, 2.24) is 4.31 Å². The first-order chi connectivity index (χ1) is 8.10. The Morgan fingerprint density at radius 3 is 2.47 bits per heavy atom. The van der Waals surface area contributed by atoms with Gasteiger partial charge >= 0.3 is 0 Å². The molecule has 0 amide bonds. The zero-order valence-corrected chi connectivity index (χ0v) is 12.6. The molecule has 0 bridgehead atoms. The second kappa shape index (κ2) is 10.9. The summed E-state index contributed by atoms with van der Waals surface area (Å²) in [5.74, 6) is 1.12. The molecule has 0 aromatic rings. The maximum absolute atomic E-state index is 5.60. The smallest absolute Gasteiger partial charge is 0.0273 e. The van der Waals surface area contributed by atoms with E-state index in [0.29, 0.717) is 0 Å². The number of hydrogen-bond donors (Lipinski definition) is 1. The first-order valence-electron chi connectivity index (χ1n) is 6.47. The van der Waals surface area contributed by atoms with Gasteiger partial charge in [-0.25, -0.2) is 4.31 Å². The molecule has 0 aromatic heterocycles. The molecular weight excluding hydrogens is 228 g/mol. The lowest BCUT2D eigenvalue weighted by atomic mass is 10.1. The Bertz CT molecular complexity index is 237. The highest BCUT2D eigenvalue weighted by Gasteiger charge is 2.00. The van der Waals surface area contributed by atoms with Crippen LogP contribution in [0.3, 0.4) is 0 Å². The average Bonchev–Trinajstić information content (AvgIpc) is 2.26. The molecule has 0 saturated heterocycles. The van der Waals surface area contributed by atoms with Gasteiger partial charge in [-0.1, -0.05) is 42.2 Å². The van der Waals surface area contributed by atoms with Crippen LogP contribution in [0.25, 0.3) is 0 Å². The highest BCUT2D eigenvalue weighted by Crippen LogP contribution is 2.11. The summed E-state index contributed by atoms with van der Waals surface area (Å²) in [5, 5.41) is 0. The third-order valence-electron chi connectivity index (χ3n) is 2.42. The van der Waals surface area contributed by atoms with Gasteiger partial charge in [-0.15, -0.1) is 0 Å². The third kappa shape index (κ3) is 10.6. The molecule has 0 spiro atoms. The summed E-state index contributed by atoms with van der Waals surface area (Å²) in [5.41, 5.74) is 8.48. The van der Waals surface area contributed by atoms with E-state index < -0.39 is 0 Å². The van der Waals surface area contributed by atoms with E-state index in [2.05, 4.69) is 44.2 Å². The van der Waals surface area contributed by atoms with Gasteiger partial charge in [-0.3, -0.25) is 0 Å². The van der Waals surface area contributed by atoms with Crippen LogP contribution in [0, 0.1) is 0 Å². The molecule has 100 valence electrons. The van der Waals surface area contributed by atoms with Gasteiger partial charge in [0, 0.05) is 25.4 Å². The molecule has 0 aliphatic heterocycles. The summed E-state index contributed by atoms with van der Waals surface area (Å²) in [7, 11) is 0. The molecule has 2 N–H and O–H groups in total. The van der Waals surface area contributed by atoms with E-state index >= 15 is 0 Å². The minimum Gasteiger partial charge on any atom is -0.329 e. The fourth-order valence-electron chi connectivity index (χ4n) is 1.48. The molecule has 0 atom stereocenters. The Hall–Kier alpha value is -0.250. The molecule has 0 heterocycles. The third-order valence-corrected chi connectivity index (χ3v) is 3.38. The largest absolute Gasteiger partial charge is 0.329 e. The molecule has 3 heteroatoms. The van der Waals surface area contributed by atoms with Crippen LogP contribution in [0.15, 0.2) is 23.3 Å². The Kier molecular flexibility index (Phi) is 10.7. The SMILES string of the molecule is CCSN(C/C=C(\C)CCC=C(C)C)CCN. The van der Waals surface area contributed by atoms with Gasteiger partial charge in [-0.2, -0.15) is 0 Å². The van der Waals surface area contributed by atoms with E-state index in [1.165, 1.54) is 17.6 Å². The van der Waals surface area contributed by atoms with Gasteiger partial charge in [0.25, 0.3) is 0 Å². The van der Waals surface area contributed by atoms with E-state index in [1.807, 2.05) is 11.9 Å². The zero-order chi connectivity index (χ0) is 13.1. The minimum absolute atomic E-state index is 0.734. The molecule has 0 unspecified atom stereocenters. The van der Waals surface area contributed by atoms with E-state index in [1.54, 1.807) is 0 Å². The Morgan fingerprint density at radius 2 is 1.94 bits per heavy atom. The summed E-state index contributed by atoms with van der Waals surface area (Å²) in [6.07, 6.45) is 6.95. The van der Waals surface area contributed by atoms with Crippen molar-refractivity contribution in [2.45, 2.75) is 40.5 Å². The van der Waals surface area contributed by atoms with Gasteiger partial charge in [0.15, 0.2) is 0 Å². The number of nitrogens with zero attached hydrogens (tertiary/aromatic N) is 1. The van der Waals surface area contributed by atoms with E-state index in [4.69, 9.17) is 5.73 Å². The molecule has 0 rings (SSSR count). The molecule has 0 aromatic carbocycles. The highest BCUT2D eigenvalue weighted by atomic mass is 32.2. The molecule has 0 aliphatic carbocycles. The lowest BCUT2D eigenvalue weighted by Gasteiger charge is -2.17. The van der Waals surface area contributed by atoms with Gasteiger partial charge < -0.3 is 5.73 Å². The van der Waals surface area contributed by atoms with E-state index in [9.17, 15) is 0 Å². The topological polar surface area (TPSA) is 29.3 Å². The molecular formula is C14H28N2S. The van der Waals surface area contributed by atoms with Crippen molar-refractivity contribution in [1.29, 1.82) is 0 Å². The maximum atomic E-state index is 5.60. The summed E-state index contributed by atoms with van der Waals surface area (Å²) in [6.45, 7) is 11.4. The number of allylic oxidation sites excluding steroid dienone is 3. The van der Waals surface area contributed by atoms with Crippen LogP contribution in [-0.2, 0) is 0 Å². The van der Waals surface area contributed by atoms with Crippen molar-refractivity contribution < 1.29 is 0 Å². The summed E-state index contributed by atoms with van der Waals surface area (Å²) >= 11 is 1.87. The molecule has 0 radical (unpaired) electrons. The number of nitrogens with two attached hydrogens (primary N) is 1. The van der Waals surface area contributed by atoms with Crippen LogP contribution in [0.2, 0.25) is 0 Å². The quantitative estimate of drug-likeness (QED) is 0.505. The fraction of sp³-hybridized carbons (Fsp3) is 0.714. The van der Waals surface area contributed by atoms with Crippen LogP contribution in [0.5, 0.6) is 0 Å². The first-order valence-corrected chi connectivity index (χ1v) is 7.41. The predicted octanol–water partition coefficient (Wildman–Crippen LogP) is 3.61. The first kappa shape index (κ1) is 16.8. The molecule has 2 nitrogen and oxygen atoms in total. The van der Waals surface area contributed by atoms with Crippen molar-refractivity contribution in [3.8, 4) is 0 Å². The Labute approximate surface area is 111 Å². The highest BCUT2D eigenvalue weighted by molar-refractivity contribution is 7.96. The monoisotopic (exact) mass is 256 g/mol. The van der Waals surface area contributed by atoms with E-state index in [-0.39, 0.29) is 0 Å². The second-order valence-electron chi connectivity index (χ2n) is 4.47. The Morgan fingerprint density at radius 1 is 1.24 bits per heavy atom. The summed E-state index contributed by atoms with van der Waals surface area (Å²) in [6, 6.07) is 0. The van der Waals surface area contributed by atoms with Crippen LogP contribution in [0.1, 0.15) is 40.5 Å². The fourth-order valence-corrected chi connectivity index (χ4v) is 2.26. The standard InChI is InChI=1S/C14H28N2S/c1-5-17-16(12-10-15)11-9-14(4)8-6-7-13(2)3/h7,9H,5-6,8,10-12,15H2,1-4H3/b14-9+. The normalized spacial score (nSPS) is 12.0. The van der Waals surface area contributed by atoms with E-state index in [0.717, 1.165) is 31.8 Å². The van der Waals surface area contributed by atoms with Crippen molar-refractivity contribution in [3.63, 3.8) is 0 Å². The Balaban J connectivity index is 3.96. The maximum Gasteiger partial charge on any atom is 0.0273 e. The predicted molar refractivity (Wildman–Crippen MR) is 81.2 cm³/mol. The van der Waals surface area contributed by atoms with Crippen molar-refractivity contribution in [3.05, 3.63) is 23.3 Å². The number of hydrogen-bond acceptors (Lipinski definition) is 3. The van der Waals surface area contributed by atoms with Gasteiger partial charge in [0.2, 0.25) is 0 Å². The summed E-state index contributed by atoms with van der Waals surface area (Å²) < 4.78 is 2.34. The average molecular weight is 256 g/mol. The van der Waals surface area contributed by atoms with Gasteiger partial charge in [0.1, 0.15) is 0 Å². The second-order valence-corrected chi connectivity index (χ2v) is 5.82. The van der Waals surface area contributed by atoms with Gasteiger partial charge in [-0.05, 0) is 33.6 Å². The molecule has 0 saturated carbocycles. The van der Waals surface area contributed by atoms with Crippen molar-refractivity contribution in [2.75, 3.05) is 25.4 Å². The molecule has 0 aliphatic rings. The van der Waals surface area contributed by atoms with Gasteiger partial charge in [0.05, 0.1) is 0 Å². The van der Waals surface area contributed by atoms with Crippen molar-refractivity contribution >= 4 is 11.9 Å². The van der Waals surface area contributed by atoms with Crippen LogP contribution < -0.4 is 5.73 Å². The lowest BCUT2D eigenvalue weighted by molar-refractivity contribution is 0.529. The van der Waals surface area contributed by atoms with Crippen molar-refractivity contribution in [2.24, 2.45) is 5.73 Å². The van der Waals surface area contributed by atoms with Crippen LogP contribution >= 0.6 is 11.9 Å². The molecule has 0 fully saturated rings.